The zero-order valence-corrected chi connectivity index (χ0v) is 14.5. The molecule has 2 heterocycles. The Kier molecular flexibility index (Phi) is 4.06. The summed E-state index contributed by atoms with van der Waals surface area (Å²) in [7, 11) is 1.89. The number of rotatable bonds is 2. The maximum atomic E-state index is 12.9. The van der Waals surface area contributed by atoms with Crippen LogP contribution in [0.4, 0.5) is 5.69 Å². The van der Waals surface area contributed by atoms with E-state index >= 15 is 0 Å². The second-order valence-electron chi connectivity index (χ2n) is 5.97. The SMILES string of the molecule is Cc1nn(C)c(C)c1CC(=O)N1C[C@H](C)Oc2c(Cl)cccc21. The van der Waals surface area contributed by atoms with Crippen molar-refractivity contribution in [3.63, 3.8) is 0 Å². The molecule has 2 aromatic rings. The van der Waals surface area contributed by atoms with E-state index in [1.54, 1.807) is 11.0 Å². The van der Waals surface area contributed by atoms with E-state index in [1.165, 1.54) is 0 Å². The molecule has 0 radical (unpaired) electrons. The second-order valence-corrected chi connectivity index (χ2v) is 6.38. The lowest BCUT2D eigenvalue weighted by atomic mass is 10.1. The molecule has 3 rings (SSSR count). The van der Waals surface area contributed by atoms with E-state index in [4.69, 9.17) is 16.3 Å². The van der Waals surface area contributed by atoms with Crippen molar-refractivity contribution in [1.29, 1.82) is 0 Å². The summed E-state index contributed by atoms with van der Waals surface area (Å²) in [5.41, 5.74) is 3.63. The zero-order valence-electron chi connectivity index (χ0n) is 13.8. The first-order valence-electron chi connectivity index (χ1n) is 7.63. The standard InChI is InChI=1S/C17H20ClN3O2/c1-10-9-21(15-7-5-6-14(18)17(15)23-10)16(22)8-13-11(2)19-20(4)12(13)3/h5-7,10H,8-9H2,1-4H3/t10-/m0/s1. The van der Waals surface area contributed by atoms with Gasteiger partial charge in [-0.1, -0.05) is 17.7 Å². The molecule has 1 aromatic heterocycles. The van der Waals surface area contributed by atoms with Crippen molar-refractivity contribution in [2.24, 2.45) is 7.05 Å². The van der Waals surface area contributed by atoms with Gasteiger partial charge in [0.05, 0.1) is 29.4 Å². The second kappa shape index (κ2) is 5.89. The number of amides is 1. The van der Waals surface area contributed by atoms with Crippen LogP contribution in [0.3, 0.4) is 0 Å². The van der Waals surface area contributed by atoms with Crippen molar-refractivity contribution in [1.82, 2.24) is 9.78 Å². The van der Waals surface area contributed by atoms with E-state index in [-0.39, 0.29) is 12.0 Å². The smallest absolute Gasteiger partial charge is 0.231 e. The number of aromatic nitrogens is 2. The highest BCUT2D eigenvalue weighted by Crippen LogP contribution is 2.39. The van der Waals surface area contributed by atoms with Gasteiger partial charge in [-0.15, -0.1) is 0 Å². The first-order chi connectivity index (χ1) is 10.9. The van der Waals surface area contributed by atoms with Gasteiger partial charge in [-0.2, -0.15) is 5.10 Å². The van der Waals surface area contributed by atoms with Gasteiger partial charge >= 0.3 is 0 Å². The minimum Gasteiger partial charge on any atom is -0.485 e. The summed E-state index contributed by atoms with van der Waals surface area (Å²) in [4.78, 5) is 14.7. The molecule has 0 fully saturated rings. The van der Waals surface area contributed by atoms with Crippen LogP contribution < -0.4 is 9.64 Å². The number of ether oxygens (including phenoxy) is 1. The molecule has 0 saturated carbocycles. The third-order valence-electron chi connectivity index (χ3n) is 4.28. The Morgan fingerprint density at radius 2 is 2.17 bits per heavy atom. The lowest BCUT2D eigenvalue weighted by Gasteiger charge is -2.34. The summed E-state index contributed by atoms with van der Waals surface area (Å²) < 4.78 is 7.61. The highest BCUT2D eigenvalue weighted by Gasteiger charge is 2.29. The minimum atomic E-state index is -0.0950. The topological polar surface area (TPSA) is 47.4 Å². The fourth-order valence-electron chi connectivity index (χ4n) is 2.98. The van der Waals surface area contributed by atoms with Gasteiger partial charge < -0.3 is 9.64 Å². The molecule has 0 saturated heterocycles. The van der Waals surface area contributed by atoms with Gasteiger partial charge in [0.15, 0.2) is 5.75 Å². The molecule has 0 N–H and O–H groups in total. The van der Waals surface area contributed by atoms with E-state index in [1.807, 2.05) is 44.6 Å². The predicted molar refractivity (Wildman–Crippen MR) is 90.3 cm³/mol. The molecular weight excluding hydrogens is 314 g/mol. The fraction of sp³-hybridized carbons (Fsp3) is 0.412. The molecule has 0 unspecified atom stereocenters. The summed E-state index contributed by atoms with van der Waals surface area (Å²) in [5.74, 6) is 0.615. The van der Waals surface area contributed by atoms with Gasteiger partial charge in [0, 0.05) is 18.3 Å². The van der Waals surface area contributed by atoms with Crippen LogP contribution in [0.25, 0.3) is 0 Å². The summed E-state index contributed by atoms with van der Waals surface area (Å²) in [6, 6.07) is 5.48. The van der Waals surface area contributed by atoms with Gasteiger partial charge in [0.1, 0.15) is 6.10 Å². The van der Waals surface area contributed by atoms with Gasteiger partial charge in [0.2, 0.25) is 5.91 Å². The molecule has 5 nitrogen and oxygen atoms in total. The lowest BCUT2D eigenvalue weighted by molar-refractivity contribution is -0.118. The van der Waals surface area contributed by atoms with Crippen molar-refractivity contribution in [2.45, 2.75) is 33.3 Å². The molecule has 1 aliphatic rings. The molecule has 0 aliphatic carbocycles. The van der Waals surface area contributed by atoms with Crippen LogP contribution in [-0.4, -0.2) is 28.3 Å². The number of benzene rings is 1. The third-order valence-corrected chi connectivity index (χ3v) is 4.58. The Balaban J connectivity index is 1.93. The quantitative estimate of drug-likeness (QED) is 0.848. The number of aryl methyl sites for hydroxylation is 2. The minimum absolute atomic E-state index is 0.0304. The average molecular weight is 334 g/mol. The van der Waals surface area contributed by atoms with Crippen molar-refractivity contribution >= 4 is 23.2 Å². The molecule has 1 amide bonds. The first kappa shape index (κ1) is 15.9. The van der Waals surface area contributed by atoms with Crippen molar-refractivity contribution < 1.29 is 9.53 Å². The highest BCUT2D eigenvalue weighted by atomic mass is 35.5. The van der Waals surface area contributed by atoms with E-state index in [0.717, 1.165) is 22.6 Å². The van der Waals surface area contributed by atoms with Gasteiger partial charge in [-0.25, -0.2) is 0 Å². The van der Waals surface area contributed by atoms with Crippen molar-refractivity contribution in [3.05, 3.63) is 40.2 Å². The van der Waals surface area contributed by atoms with Gasteiger partial charge in [0.25, 0.3) is 0 Å². The molecule has 1 atom stereocenters. The van der Waals surface area contributed by atoms with Gasteiger partial charge in [-0.3, -0.25) is 9.48 Å². The Morgan fingerprint density at radius 3 is 2.83 bits per heavy atom. The number of anilines is 1. The van der Waals surface area contributed by atoms with Crippen LogP contribution in [0.5, 0.6) is 5.75 Å². The summed E-state index contributed by atoms with van der Waals surface area (Å²) in [6.45, 7) is 6.37. The van der Waals surface area contributed by atoms with E-state index in [0.29, 0.717) is 23.7 Å². The van der Waals surface area contributed by atoms with Crippen LogP contribution >= 0.6 is 11.6 Å². The molecular formula is C17H20ClN3O2. The number of carbonyl (C=O) groups is 1. The largest absolute Gasteiger partial charge is 0.485 e. The molecule has 1 aromatic carbocycles. The first-order valence-corrected chi connectivity index (χ1v) is 8.01. The van der Waals surface area contributed by atoms with Crippen molar-refractivity contribution in [2.75, 3.05) is 11.4 Å². The number of para-hydroxylation sites is 1. The molecule has 6 heteroatoms. The van der Waals surface area contributed by atoms with Crippen LogP contribution in [0.2, 0.25) is 5.02 Å². The Labute approximate surface area is 140 Å². The van der Waals surface area contributed by atoms with E-state index in [2.05, 4.69) is 5.10 Å². The summed E-state index contributed by atoms with van der Waals surface area (Å²) >= 11 is 6.22. The number of carbonyl (C=O) groups excluding carboxylic acids is 1. The maximum Gasteiger partial charge on any atom is 0.231 e. The predicted octanol–water partition coefficient (Wildman–Crippen LogP) is 3.05. The van der Waals surface area contributed by atoms with E-state index in [9.17, 15) is 4.79 Å². The number of fused-ring (bicyclic) bond motifs is 1. The summed E-state index contributed by atoms with van der Waals surface area (Å²) in [5, 5.41) is 4.91. The van der Waals surface area contributed by atoms with E-state index < -0.39 is 0 Å². The molecule has 122 valence electrons. The summed E-state index contributed by atoms with van der Waals surface area (Å²) in [6.07, 6.45) is 0.229. The van der Waals surface area contributed by atoms with Crippen LogP contribution in [0, 0.1) is 13.8 Å². The van der Waals surface area contributed by atoms with Crippen LogP contribution in [-0.2, 0) is 18.3 Å². The van der Waals surface area contributed by atoms with Crippen LogP contribution in [0.1, 0.15) is 23.9 Å². The Bertz CT molecular complexity index is 769. The third kappa shape index (κ3) is 2.81. The number of hydrogen-bond acceptors (Lipinski definition) is 3. The van der Waals surface area contributed by atoms with Gasteiger partial charge in [-0.05, 0) is 32.9 Å². The Hall–Kier alpha value is -2.01. The number of halogens is 1. The molecule has 23 heavy (non-hydrogen) atoms. The van der Waals surface area contributed by atoms with Crippen LogP contribution in [0.15, 0.2) is 18.2 Å². The maximum absolute atomic E-state index is 12.9. The van der Waals surface area contributed by atoms with Crippen molar-refractivity contribution in [3.8, 4) is 5.75 Å². The highest BCUT2D eigenvalue weighted by molar-refractivity contribution is 6.32. The normalized spacial score (nSPS) is 16.9. The average Bonchev–Trinajstić information content (AvgIpc) is 2.74. The molecule has 0 bridgehead atoms. The fourth-order valence-corrected chi connectivity index (χ4v) is 3.19. The molecule has 0 spiro atoms. The molecule has 1 aliphatic heterocycles. The zero-order chi connectivity index (χ0) is 16.7. The monoisotopic (exact) mass is 333 g/mol. The number of nitrogens with zero attached hydrogens (tertiary/aromatic N) is 3. The number of hydrogen-bond donors (Lipinski definition) is 0. The lowest BCUT2D eigenvalue weighted by Crippen LogP contribution is -2.43. The Morgan fingerprint density at radius 1 is 1.43 bits per heavy atom.